The van der Waals surface area contributed by atoms with Crippen LogP contribution >= 0.6 is 34.8 Å². The van der Waals surface area contributed by atoms with Crippen LogP contribution in [-0.2, 0) is 0 Å². The highest BCUT2D eigenvalue weighted by Gasteiger charge is 2.12. The maximum Gasteiger partial charge on any atom is 0.184 e. The SMILES string of the molecule is Cc1ccnc2c1[nH]c(=S)n2-c1ccc(F)cc1I. The normalized spacial score (nSPS) is 11.1. The predicted molar refractivity (Wildman–Crippen MR) is 83.7 cm³/mol. The van der Waals surface area contributed by atoms with Crippen molar-refractivity contribution in [1.29, 1.82) is 0 Å². The number of halogens is 2. The molecule has 0 bridgehead atoms. The lowest BCUT2D eigenvalue weighted by Gasteiger charge is -2.06. The second-order valence-electron chi connectivity index (χ2n) is 4.19. The van der Waals surface area contributed by atoms with Crippen molar-refractivity contribution in [3.8, 4) is 5.69 Å². The Kier molecular flexibility index (Phi) is 3.14. The topological polar surface area (TPSA) is 33.6 Å². The molecule has 3 aromatic rings. The Morgan fingerprint density at radius 1 is 1.37 bits per heavy atom. The fraction of sp³-hybridized carbons (Fsp3) is 0.0769. The molecule has 0 saturated heterocycles. The third kappa shape index (κ3) is 2.08. The average molecular weight is 385 g/mol. The molecular weight excluding hydrogens is 376 g/mol. The Hall–Kier alpha value is -1.28. The van der Waals surface area contributed by atoms with E-state index in [1.807, 2.05) is 17.6 Å². The fourth-order valence-electron chi connectivity index (χ4n) is 2.01. The van der Waals surface area contributed by atoms with Crippen molar-refractivity contribution in [3.63, 3.8) is 0 Å². The van der Waals surface area contributed by atoms with Crippen molar-refractivity contribution in [1.82, 2.24) is 14.5 Å². The summed E-state index contributed by atoms with van der Waals surface area (Å²) >= 11 is 7.45. The van der Waals surface area contributed by atoms with Gasteiger partial charge in [0.25, 0.3) is 0 Å². The molecule has 0 amide bonds. The smallest absolute Gasteiger partial charge is 0.184 e. The van der Waals surface area contributed by atoms with E-state index in [0.717, 1.165) is 26.0 Å². The molecule has 0 radical (unpaired) electrons. The number of pyridine rings is 1. The van der Waals surface area contributed by atoms with E-state index in [1.165, 1.54) is 12.1 Å². The maximum absolute atomic E-state index is 13.2. The lowest BCUT2D eigenvalue weighted by molar-refractivity contribution is 0.626. The van der Waals surface area contributed by atoms with E-state index in [-0.39, 0.29) is 5.82 Å². The van der Waals surface area contributed by atoms with Crippen LogP contribution in [0.1, 0.15) is 5.56 Å². The first-order chi connectivity index (χ1) is 9.08. The van der Waals surface area contributed by atoms with Crippen LogP contribution in [0.2, 0.25) is 0 Å². The molecule has 1 N–H and O–H groups in total. The molecule has 19 heavy (non-hydrogen) atoms. The highest BCUT2D eigenvalue weighted by molar-refractivity contribution is 14.1. The number of imidazole rings is 1. The Labute approximate surface area is 127 Å². The van der Waals surface area contributed by atoms with Gasteiger partial charge in [-0.25, -0.2) is 9.37 Å². The van der Waals surface area contributed by atoms with E-state index in [9.17, 15) is 4.39 Å². The summed E-state index contributed by atoms with van der Waals surface area (Å²) in [4.78, 5) is 7.52. The van der Waals surface area contributed by atoms with Gasteiger partial charge in [0.2, 0.25) is 0 Å². The first-order valence-corrected chi connectivity index (χ1v) is 7.08. The van der Waals surface area contributed by atoms with Crippen molar-refractivity contribution < 1.29 is 4.39 Å². The molecule has 96 valence electrons. The summed E-state index contributed by atoms with van der Waals surface area (Å²) in [6.07, 6.45) is 1.74. The Bertz CT molecular complexity index is 838. The molecule has 2 heterocycles. The third-order valence-corrected chi connectivity index (χ3v) is 4.09. The molecule has 0 spiro atoms. The van der Waals surface area contributed by atoms with E-state index < -0.39 is 0 Å². The van der Waals surface area contributed by atoms with Crippen molar-refractivity contribution in [3.05, 3.63) is 50.2 Å². The Morgan fingerprint density at radius 3 is 2.89 bits per heavy atom. The zero-order valence-electron chi connectivity index (χ0n) is 9.95. The third-order valence-electron chi connectivity index (χ3n) is 2.94. The first kappa shape index (κ1) is 12.7. The van der Waals surface area contributed by atoms with Gasteiger partial charge in [-0.1, -0.05) is 0 Å². The number of benzene rings is 1. The molecule has 6 heteroatoms. The summed E-state index contributed by atoms with van der Waals surface area (Å²) in [5.41, 5.74) is 3.57. The molecule has 0 aliphatic heterocycles. The number of aromatic nitrogens is 3. The lowest BCUT2D eigenvalue weighted by atomic mass is 10.2. The maximum atomic E-state index is 13.2. The molecule has 0 unspecified atom stereocenters. The zero-order valence-corrected chi connectivity index (χ0v) is 12.9. The van der Waals surface area contributed by atoms with E-state index in [0.29, 0.717) is 4.77 Å². The van der Waals surface area contributed by atoms with Gasteiger partial charge in [-0.15, -0.1) is 0 Å². The second-order valence-corrected chi connectivity index (χ2v) is 5.74. The summed E-state index contributed by atoms with van der Waals surface area (Å²) in [7, 11) is 0. The largest absolute Gasteiger partial charge is 0.329 e. The summed E-state index contributed by atoms with van der Waals surface area (Å²) in [6.45, 7) is 2.00. The van der Waals surface area contributed by atoms with Gasteiger partial charge in [0.15, 0.2) is 10.4 Å². The molecule has 0 atom stereocenters. The number of H-pyrrole nitrogens is 1. The van der Waals surface area contributed by atoms with Gasteiger partial charge in [0, 0.05) is 9.77 Å². The molecule has 0 aliphatic rings. The van der Waals surface area contributed by atoms with E-state index in [4.69, 9.17) is 12.2 Å². The number of aromatic amines is 1. The fourth-order valence-corrected chi connectivity index (χ4v) is 3.02. The van der Waals surface area contributed by atoms with Crippen LogP contribution in [-0.4, -0.2) is 14.5 Å². The van der Waals surface area contributed by atoms with Crippen LogP contribution < -0.4 is 0 Å². The van der Waals surface area contributed by atoms with Gasteiger partial charge in [-0.05, 0) is 71.6 Å². The molecule has 2 aromatic heterocycles. The molecule has 3 nitrogen and oxygen atoms in total. The monoisotopic (exact) mass is 385 g/mol. The highest BCUT2D eigenvalue weighted by atomic mass is 127. The van der Waals surface area contributed by atoms with Crippen LogP contribution in [0.5, 0.6) is 0 Å². The van der Waals surface area contributed by atoms with Crippen molar-refractivity contribution in [2.75, 3.05) is 0 Å². The highest BCUT2D eigenvalue weighted by Crippen LogP contribution is 2.24. The predicted octanol–water partition coefficient (Wildman–Crippen LogP) is 4.14. The number of hydrogen-bond donors (Lipinski definition) is 1. The number of hydrogen-bond acceptors (Lipinski definition) is 2. The Balaban J connectivity index is 2.40. The van der Waals surface area contributed by atoms with E-state index in [2.05, 4.69) is 32.6 Å². The lowest BCUT2D eigenvalue weighted by Crippen LogP contribution is -1.99. The molecule has 0 saturated carbocycles. The quantitative estimate of drug-likeness (QED) is 0.505. The summed E-state index contributed by atoms with van der Waals surface area (Å²) in [5.74, 6) is -0.261. The number of fused-ring (bicyclic) bond motifs is 1. The van der Waals surface area contributed by atoms with Gasteiger partial charge in [-0.2, -0.15) is 0 Å². The van der Waals surface area contributed by atoms with Gasteiger partial charge < -0.3 is 4.98 Å². The number of aryl methyl sites for hydroxylation is 1. The molecule has 0 fully saturated rings. The zero-order chi connectivity index (χ0) is 13.6. The minimum absolute atomic E-state index is 0.261. The summed E-state index contributed by atoms with van der Waals surface area (Å²) in [5, 5.41) is 0. The summed E-state index contributed by atoms with van der Waals surface area (Å²) < 4.78 is 16.4. The molecule has 3 rings (SSSR count). The summed E-state index contributed by atoms with van der Waals surface area (Å²) in [6, 6.07) is 6.54. The molecule has 1 aromatic carbocycles. The number of nitrogens with zero attached hydrogens (tertiary/aromatic N) is 2. The first-order valence-electron chi connectivity index (χ1n) is 5.59. The molecule has 0 aliphatic carbocycles. The van der Waals surface area contributed by atoms with Crippen LogP contribution in [0, 0.1) is 21.1 Å². The minimum Gasteiger partial charge on any atom is -0.329 e. The van der Waals surface area contributed by atoms with Gasteiger partial charge in [0.05, 0.1) is 11.2 Å². The van der Waals surface area contributed by atoms with Gasteiger partial charge in [-0.3, -0.25) is 4.57 Å². The van der Waals surface area contributed by atoms with Crippen LogP contribution in [0.15, 0.2) is 30.5 Å². The molecular formula is C13H9FIN3S. The van der Waals surface area contributed by atoms with Crippen LogP contribution in [0.3, 0.4) is 0 Å². The van der Waals surface area contributed by atoms with E-state index in [1.54, 1.807) is 12.3 Å². The van der Waals surface area contributed by atoms with Crippen molar-refractivity contribution in [2.24, 2.45) is 0 Å². The number of nitrogens with one attached hydrogen (secondary N) is 1. The van der Waals surface area contributed by atoms with Gasteiger partial charge >= 0.3 is 0 Å². The van der Waals surface area contributed by atoms with Crippen molar-refractivity contribution >= 4 is 46.0 Å². The van der Waals surface area contributed by atoms with E-state index >= 15 is 0 Å². The van der Waals surface area contributed by atoms with Crippen LogP contribution in [0.4, 0.5) is 4.39 Å². The van der Waals surface area contributed by atoms with Crippen molar-refractivity contribution in [2.45, 2.75) is 6.92 Å². The van der Waals surface area contributed by atoms with Crippen LogP contribution in [0.25, 0.3) is 16.9 Å². The van der Waals surface area contributed by atoms with Gasteiger partial charge in [0.1, 0.15) is 5.82 Å². The number of rotatable bonds is 1. The average Bonchev–Trinajstić information content (AvgIpc) is 2.68. The standard InChI is InChI=1S/C13H9FIN3S/c1-7-4-5-16-12-11(7)17-13(19)18(12)10-3-2-8(14)6-9(10)15/h2-6H,1H3,(H,17,19). The Morgan fingerprint density at radius 2 is 2.16 bits per heavy atom. The minimum atomic E-state index is -0.261. The second kappa shape index (κ2) is 4.68.